The zero-order chi connectivity index (χ0) is 34.0. The quantitative estimate of drug-likeness (QED) is 0.106. The molecule has 2 fully saturated rings. The number of methoxy groups -OCH3 is 1. The zero-order valence-corrected chi connectivity index (χ0v) is 31.2. The van der Waals surface area contributed by atoms with E-state index in [0.717, 1.165) is 43.3 Å². The topological polar surface area (TPSA) is 126 Å². The summed E-state index contributed by atoms with van der Waals surface area (Å²) in [5.74, 6) is 0.145. The van der Waals surface area contributed by atoms with Gasteiger partial charge in [0.05, 0.1) is 23.6 Å². The van der Waals surface area contributed by atoms with Gasteiger partial charge in [0.25, 0.3) is 5.91 Å². The Morgan fingerprint density at radius 2 is 1.33 bits per heavy atom. The fourth-order valence-corrected chi connectivity index (χ4v) is 7.48. The number of fused-ring (bicyclic) bond motifs is 4. The Bertz CT molecular complexity index is 1220. The molecule has 1 amide bonds. The standard InChI is InChI=1S/C34H50N6O4S.2ClH.Mn/c1-43-17-18-44-34(42)25-12-10-24(11-13-25)33(41)37-16-19-45-28-20-26-22-38-31-8-4-2-6-29(31)35-14-15-36-30-7-3-5-9-32(30)39-23-27(21-28)40-26;;;/h10-13,20-21,29-32,35-36,38-39H,2-9,14-19,22-23H2,1H3,(H,37,41);2*1H;/q;;;+2/p-2/t29-,30-,31-,32-;;;/m1.../s1. The third-order valence-corrected chi connectivity index (χ3v) is 10.0. The van der Waals surface area contributed by atoms with Gasteiger partial charge in [0.2, 0.25) is 0 Å². The average molecular weight is 765 g/mol. The van der Waals surface area contributed by atoms with Crippen LogP contribution < -0.4 is 26.6 Å². The molecule has 2 aromatic rings. The number of esters is 1. The summed E-state index contributed by atoms with van der Waals surface area (Å²) in [4.78, 5) is 31.1. The molecule has 0 radical (unpaired) electrons. The number of rotatable bonds is 9. The van der Waals surface area contributed by atoms with Crippen molar-refractivity contribution in [3.05, 3.63) is 58.9 Å². The summed E-state index contributed by atoms with van der Waals surface area (Å²) in [6, 6.07) is 12.8. The van der Waals surface area contributed by atoms with E-state index in [2.05, 4.69) is 38.7 Å². The fourth-order valence-electron chi connectivity index (χ4n) is 6.60. The number of carbonyl (C=O) groups is 2. The molecule has 0 spiro atoms. The first-order valence-corrected chi connectivity index (χ1v) is 21.2. The number of benzene rings is 1. The molecule has 1 aliphatic heterocycles. The summed E-state index contributed by atoms with van der Waals surface area (Å²) in [5.41, 5.74) is 3.05. The van der Waals surface area contributed by atoms with Crippen molar-refractivity contribution in [1.29, 1.82) is 0 Å². The number of nitrogens with one attached hydrogen (secondary N) is 5. The van der Waals surface area contributed by atoms with Gasteiger partial charge in [-0.25, -0.2) is 4.79 Å². The molecular weight excluding hydrogens is 714 g/mol. The number of pyridine rings is 1. The van der Waals surface area contributed by atoms with Gasteiger partial charge in [-0.15, -0.1) is 11.8 Å². The van der Waals surface area contributed by atoms with Crippen LogP contribution in [0.2, 0.25) is 0 Å². The van der Waals surface area contributed by atoms with Crippen LogP contribution in [0.4, 0.5) is 0 Å². The van der Waals surface area contributed by atoms with E-state index in [-0.39, 0.29) is 25.6 Å². The molecule has 2 bridgehead atoms. The number of thioether (sulfide) groups is 1. The second-order valence-corrected chi connectivity index (χ2v) is 15.4. The molecule has 0 unspecified atom stereocenters. The van der Waals surface area contributed by atoms with Gasteiger partial charge in [-0.2, -0.15) is 0 Å². The zero-order valence-electron chi connectivity index (χ0n) is 27.7. The van der Waals surface area contributed by atoms with E-state index >= 15 is 0 Å². The molecule has 48 heavy (non-hydrogen) atoms. The summed E-state index contributed by atoms with van der Waals surface area (Å²) >= 11 is 1.75. The number of hydrogen-bond acceptors (Lipinski definition) is 10. The van der Waals surface area contributed by atoms with Crippen molar-refractivity contribution in [2.75, 3.05) is 45.7 Å². The first-order chi connectivity index (χ1) is 23.5. The summed E-state index contributed by atoms with van der Waals surface area (Å²) in [6.45, 7) is 4.58. The fraction of sp³-hybridized carbons (Fsp3) is 0.618. The van der Waals surface area contributed by atoms with Gasteiger partial charge < -0.3 is 36.1 Å². The van der Waals surface area contributed by atoms with Gasteiger partial charge in [-0.1, -0.05) is 25.7 Å². The van der Waals surface area contributed by atoms with Crippen LogP contribution in [0.15, 0.2) is 41.3 Å². The van der Waals surface area contributed by atoms with Gasteiger partial charge in [0, 0.05) is 80.2 Å². The SMILES string of the molecule is COCCOC(=O)c1ccc(C(=O)NCCSc2cc3nc(c2)CN[C@@H]2CCCC[C@H]2NCCN[C@@H]2CCCC[C@H]2NC3)cc1.[Cl][Mn][Cl]. The molecule has 10 nitrogen and oxygen atoms in total. The Hall–Kier alpha value is -1.44. The Kier molecular flexibility index (Phi) is 18.4. The van der Waals surface area contributed by atoms with Crippen molar-refractivity contribution in [3.63, 3.8) is 0 Å². The van der Waals surface area contributed by atoms with Crippen LogP contribution in [0.25, 0.3) is 0 Å². The van der Waals surface area contributed by atoms with Crippen LogP contribution >= 0.6 is 32.0 Å². The van der Waals surface area contributed by atoms with Gasteiger partial charge in [0.15, 0.2) is 0 Å². The molecule has 14 heteroatoms. The average Bonchev–Trinajstić information content (AvgIpc) is 3.11. The predicted molar refractivity (Wildman–Crippen MR) is 189 cm³/mol. The Morgan fingerprint density at radius 1 is 0.833 bits per heavy atom. The Labute approximate surface area is 304 Å². The van der Waals surface area contributed by atoms with E-state index in [1.807, 2.05) is 0 Å². The summed E-state index contributed by atoms with van der Waals surface area (Å²) < 4.78 is 10.0. The summed E-state index contributed by atoms with van der Waals surface area (Å²) in [7, 11) is 11.1. The van der Waals surface area contributed by atoms with E-state index in [4.69, 9.17) is 34.7 Å². The molecule has 3 aliphatic rings. The number of nitrogens with zero attached hydrogens (tertiary/aromatic N) is 1. The maximum absolute atomic E-state index is 12.7. The van der Waals surface area contributed by atoms with E-state index in [0.29, 0.717) is 48.4 Å². The molecule has 267 valence electrons. The van der Waals surface area contributed by atoms with Crippen LogP contribution in [0.3, 0.4) is 0 Å². The van der Waals surface area contributed by atoms with Gasteiger partial charge >= 0.3 is 39.3 Å². The minimum absolute atomic E-state index is 0.00694. The molecule has 5 rings (SSSR count). The van der Waals surface area contributed by atoms with Crippen molar-refractivity contribution >= 4 is 43.8 Å². The first kappa shape index (κ1) is 39.3. The van der Waals surface area contributed by atoms with E-state index in [9.17, 15) is 9.59 Å². The second-order valence-electron chi connectivity index (χ2n) is 12.3. The van der Waals surface area contributed by atoms with Crippen LogP contribution in [0.1, 0.15) is 83.5 Å². The maximum atomic E-state index is 12.7. The van der Waals surface area contributed by atoms with E-state index < -0.39 is 5.97 Å². The summed E-state index contributed by atoms with van der Waals surface area (Å²) in [5, 5.41) is 18.4. The molecule has 2 aliphatic carbocycles. The monoisotopic (exact) mass is 763 g/mol. The van der Waals surface area contributed by atoms with Crippen molar-refractivity contribution < 1.29 is 32.2 Å². The second kappa shape index (κ2) is 22.4. The molecule has 1 aromatic carbocycles. The third-order valence-electron chi connectivity index (χ3n) is 9.03. The molecule has 2 saturated carbocycles. The van der Waals surface area contributed by atoms with Crippen LogP contribution in [0, 0.1) is 0 Å². The third kappa shape index (κ3) is 13.4. The van der Waals surface area contributed by atoms with Crippen LogP contribution in [-0.2, 0) is 35.7 Å². The van der Waals surface area contributed by atoms with Gasteiger partial charge in [0.1, 0.15) is 6.61 Å². The minimum atomic E-state index is -0.430. The molecule has 5 N–H and O–H groups in total. The molecular formula is C34H50Cl2MnN6O4S. The first-order valence-electron chi connectivity index (χ1n) is 17.0. The van der Waals surface area contributed by atoms with E-state index in [1.54, 1.807) is 43.1 Å². The van der Waals surface area contributed by atoms with E-state index in [1.165, 1.54) is 56.3 Å². The number of aromatic nitrogens is 1. The number of halogens is 2. The van der Waals surface area contributed by atoms with Crippen LogP contribution in [0.5, 0.6) is 0 Å². The number of hydrogen-bond donors (Lipinski definition) is 5. The number of amides is 1. The van der Waals surface area contributed by atoms with Crippen molar-refractivity contribution in [3.8, 4) is 0 Å². The van der Waals surface area contributed by atoms with Gasteiger partial charge in [-0.05, 0) is 62.1 Å². The predicted octanol–water partition coefficient (Wildman–Crippen LogP) is 4.78. The Morgan fingerprint density at radius 3 is 1.85 bits per heavy atom. The molecule has 2 heterocycles. The van der Waals surface area contributed by atoms with Crippen LogP contribution in [-0.4, -0.2) is 86.7 Å². The number of ether oxygens (including phenoxy) is 2. The summed E-state index contributed by atoms with van der Waals surface area (Å²) in [6.07, 6.45) is 9.95. The van der Waals surface area contributed by atoms with Crippen molar-refractivity contribution in [2.45, 2.75) is 93.5 Å². The van der Waals surface area contributed by atoms with Crippen molar-refractivity contribution in [2.24, 2.45) is 0 Å². The van der Waals surface area contributed by atoms with Gasteiger partial charge in [-0.3, -0.25) is 9.78 Å². The van der Waals surface area contributed by atoms with Crippen molar-refractivity contribution in [1.82, 2.24) is 31.6 Å². The number of carbonyl (C=O) groups excluding carboxylic acids is 2. The Balaban J connectivity index is 0.00000167. The molecule has 1 aromatic heterocycles. The molecule has 0 saturated heterocycles. The molecule has 4 atom stereocenters. The normalized spacial score (nSPS) is 23.1.